The molecule has 1 aliphatic rings. The molecule has 0 N–H and O–H groups in total. The lowest BCUT2D eigenvalue weighted by Gasteiger charge is -2.13. The highest BCUT2D eigenvalue weighted by Crippen LogP contribution is 2.38. The first kappa shape index (κ1) is 24.8. The van der Waals surface area contributed by atoms with E-state index >= 15 is 0 Å². The highest BCUT2D eigenvalue weighted by atomic mass is 28.2. The van der Waals surface area contributed by atoms with Gasteiger partial charge >= 0.3 is 0 Å². The summed E-state index contributed by atoms with van der Waals surface area (Å²) in [7, 11) is -0.332. The van der Waals surface area contributed by atoms with Crippen LogP contribution in [0.25, 0.3) is 5.57 Å². The van der Waals surface area contributed by atoms with Crippen molar-refractivity contribution >= 4 is 32.7 Å². The third kappa shape index (κ3) is 7.08. The van der Waals surface area contributed by atoms with Crippen LogP contribution in [0.15, 0.2) is 146 Å². The van der Waals surface area contributed by atoms with Gasteiger partial charge in [0.2, 0.25) is 6.71 Å². The molecule has 0 bridgehead atoms. The fourth-order valence-electron chi connectivity index (χ4n) is 4.90. The molecule has 4 aromatic carbocycles. The monoisotopic (exact) mass is 496 g/mol. The summed E-state index contributed by atoms with van der Waals surface area (Å²) in [5.41, 5.74) is 9.32. The van der Waals surface area contributed by atoms with Gasteiger partial charge in [-0.15, -0.1) is 0 Å². The van der Waals surface area contributed by atoms with Gasteiger partial charge in [-0.2, -0.15) is 0 Å². The zero-order chi connectivity index (χ0) is 25.1. The maximum absolute atomic E-state index is 4.10. The molecule has 0 aliphatic heterocycles. The second kappa shape index (κ2) is 12.9. The van der Waals surface area contributed by atoms with E-state index in [1.807, 2.05) is 18.7 Å². The Balaban J connectivity index is 0.000000157. The van der Waals surface area contributed by atoms with E-state index in [0.29, 0.717) is 6.71 Å². The van der Waals surface area contributed by atoms with Gasteiger partial charge in [0.25, 0.3) is 0 Å². The first-order valence-electron chi connectivity index (χ1n) is 13.2. The molecule has 1 fully saturated rings. The highest BCUT2D eigenvalue weighted by molar-refractivity contribution is 6.86. The highest BCUT2D eigenvalue weighted by Gasteiger charge is 2.36. The Morgan fingerprint density at radius 2 is 1.22 bits per heavy atom. The van der Waals surface area contributed by atoms with E-state index in [2.05, 4.69) is 137 Å². The van der Waals surface area contributed by atoms with E-state index in [1.165, 1.54) is 40.5 Å². The van der Waals surface area contributed by atoms with Crippen LogP contribution < -0.4 is 10.9 Å². The van der Waals surface area contributed by atoms with Crippen molar-refractivity contribution in [3.63, 3.8) is 0 Å². The van der Waals surface area contributed by atoms with Crippen LogP contribution in [0, 0.1) is 0 Å². The molecule has 0 unspecified atom stereocenters. The normalized spacial score (nSPS) is 12.5. The van der Waals surface area contributed by atoms with Crippen LogP contribution >= 0.6 is 0 Å². The summed E-state index contributed by atoms with van der Waals surface area (Å²) in [5.74, 6) is 0.866. The number of hydrogen-bond donors (Lipinski definition) is 0. The molecular formula is C33H33BN2Si. The topological polar surface area (TPSA) is 17.8 Å². The summed E-state index contributed by atoms with van der Waals surface area (Å²) in [6, 6.07) is 43.1. The molecule has 2 nitrogen and oxygen atoms in total. The number of benzene rings is 4. The Hall–Kier alpha value is -3.89. The molecule has 0 atom stereocenters. The van der Waals surface area contributed by atoms with Gasteiger partial charge in [-0.1, -0.05) is 157 Å². The third-order valence-corrected chi connectivity index (χ3v) is 8.35. The van der Waals surface area contributed by atoms with Crippen LogP contribution in [0.1, 0.15) is 24.0 Å². The molecule has 5 aromatic rings. The average molecular weight is 497 g/mol. The van der Waals surface area contributed by atoms with Gasteiger partial charge in [0, 0.05) is 18.6 Å². The van der Waals surface area contributed by atoms with Gasteiger partial charge in [-0.05, 0) is 16.7 Å². The van der Waals surface area contributed by atoms with Crippen LogP contribution in [0.2, 0.25) is 5.82 Å². The Bertz CT molecular complexity index is 1270. The molecule has 1 saturated carbocycles. The summed E-state index contributed by atoms with van der Waals surface area (Å²) >= 11 is 0. The zero-order valence-electron chi connectivity index (χ0n) is 21.2. The van der Waals surface area contributed by atoms with Crippen molar-refractivity contribution in [2.24, 2.45) is 0 Å². The summed E-state index contributed by atoms with van der Waals surface area (Å²) < 4.78 is 2.16. The first-order chi connectivity index (χ1) is 18.4. The predicted molar refractivity (Wildman–Crippen MR) is 162 cm³/mol. The quantitative estimate of drug-likeness (QED) is 0.257. The maximum atomic E-state index is 4.10. The molecule has 1 aliphatic carbocycles. The van der Waals surface area contributed by atoms with Gasteiger partial charge in [0.05, 0.1) is 15.8 Å². The van der Waals surface area contributed by atoms with Crippen molar-refractivity contribution in [3.8, 4) is 0 Å². The van der Waals surface area contributed by atoms with Crippen molar-refractivity contribution in [2.45, 2.75) is 24.8 Å². The fraction of sp³-hybridized carbons (Fsp3) is 0.121. The van der Waals surface area contributed by atoms with Gasteiger partial charge < -0.3 is 4.57 Å². The lowest BCUT2D eigenvalue weighted by molar-refractivity contribution is 0.874. The van der Waals surface area contributed by atoms with E-state index in [1.54, 1.807) is 0 Å². The van der Waals surface area contributed by atoms with Crippen LogP contribution in [0.3, 0.4) is 0 Å². The van der Waals surface area contributed by atoms with Crippen molar-refractivity contribution < 1.29 is 0 Å². The Kier molecular flexibility index (Phi) is 8.63. The fourth-order valence-corrected chi connectivity index (χ4v) is 6.35. The molecule has 4 heteroatoms. The minimum absolute atomic E-state index is 0.332. The molecule has 0 radical (unpaired) electrons. The standard InChI is InChI=1S/C18H18N2Si.C15H15B/c1-3-7-16(8-4-1)18(17-9-5-2-6-10-17)13-21-15-20-12-11-19-14-20;1-3-7-13(8-4-1)16(15-11-12-15)14-9-5-2-6-10-14/h1-14H,15,21H2;1-10,15H,11-12H2. The number of imidazole rings is 1. The first-order valence-corrected chi connectivity index (χ1v) is 15.1. The van der Waals surface area contributed by atoms with Gasteiger partial charge in [0.1, 0.15) is 0 Å². The lowest BCUT2D eigenvalue weighted by Crippen LogP contribution is -2.42. The summed E-state index contributed by atoms with van der Waals surface area (Å²) in [4.78, 5) is 4.10. The summed E-state index contributed by atoms with van der Waals surface area (Å²) in [6.45, 7) is 0.613. The van der Waals surface area contributed by atoms with Crippen LogP contribution in [0.5, 0.6) is 0 Å². The van der Waals surface area contributed by atoms with Crippen molar-refractivity contribution in [1.29, 1.82) is 0 Å². The smallest absolute Gasteiger partial charge is 0.212 e. The minimum Gasteiger partial charge on any atom is -0.341 e. The summed E-state index contributed by atoms with van der Waals surface area (Å²) in [5, 5.41) is 0. The largest absolute Gasteiger partial charge is 0.341 e. The van der Waals surface area contributed by atoms with E-state index in [9.17, 15) is 0 Å². The number of aromatic nitrogens is 2. The Morgan fingerprint density at radius 3 is 1.65 bits per heavy atom. The predicted octanol–water partition coefficient (Wildman–Crippen LogP) is 5.56. The number of rotatable bonds is 8. The molecule has 6 rings (SSSR count). The molecule has 1 heterocycles. The second-order valence-electron chi connectivity index (χ2n) is 9.58. The zero-order valence-corrected chi connectivity index (χ0v) is 22.6. The summed E-state index contributed by atoms with van der Waals surface area (Å²) in [6.07, 6.45) is 9.62. The SMILES string of the molecule is C([SiH2]Cn1ccnc1)=C(c1ccccc1)c1ccccc1.c1ccc(B(c2ccccc2)C2CC2)cc1. The third-order valence-electron chi connectivity index (χ3n) is 6.88. The van der Waals surface area contributed by atoms with E-state index in [4.69, 9.17) is 0 Å². The van der Waals surface area contributed by atoms with E-state index in [-0.39, 0.29) is 9.52 Å². The Morgan fingerprint density at radius 1 is 0.730 bits per heavy atom. The maximum Gasteiger partial charge on any atom is 0.212 e. The number of nitrogens with zero attached hydrogens (tertiary/aromatic N) is 2. The number of hydrogen-bond acceptors (Lipinski definition) is 1. The van der Waals surface area contributed by atoms with Crippen LogP contribution in [-0.4, -0.2) is 25.8 Å². The molecule has 37 heavy (non-hydrogen) atoms. The van der Waals surface area contributed by atoms with Gasteiger partial charge in [-0.25, -0.2) is 4.98 Å². The molecule has 1 aromatic heterocycles. The molecule has 0 spiro atoms. The molecule has 0 saturated heterocycles. The minimum atomic E-state index is -0.332. The lowest BCUT2D eigenvalue weighted by atomic mass is 9.37. The molecule has 182 valence electrons. The van der Waals surface area contributed by atoms with E-state index in [0.717, 1.165) is 12.0 Å². The van der Waals surface area contributed by atoms with Crippen molar-refractivity contribution in [3.05, 3.63) is 157 Å². The molecule has 0 amide bonds. The van der Waals surface area contributed by atoms with Crippen molar-refractivity contribution in [1.82, 2.24) is 9.55 Å². The van der Waals surface area contributed by atoms with Crippen LogP contribution in [0.4, 0.5) is 0 Å². The second-order valence-corrected chi connectivity index (χ2v) is 11.0. The molecular weight excluding hydrogens is 463 g/mol. The van der Waals surface area contributed by atoms with Gasteiger partial charge in [-0.3, -0.25) is 0 Å². The van der Waals surface area contributed by atoms with Crippen LogP contribution in [-0.2, 0) is 6.17 Å². The Labute approximate surface area is 223 Å². The van der Waals surface area contributed by atoms with E-state index < -0.39 is 0 Å². The van der Waals surface area contributed by atoms with Crippen molar-refractivity contribution in [2.75, 3.05) is 0 Å². The average Bonchev–Trinajstić information content (AvgIpc) is 3.66. The van der Waals surface area contributed by atoms with Gasteiger partial charge in [0.15, 0.2) is 0 Å².